The van der Waals surface area contributed by atoms with E-state index < -0.39 is 0 Å². The van der Waals surface area contributed by atoms with Crippen molar-refractivity contribution in [2.75, 3.05) is 5.32 Å². The van der Waals surface area contributed by atoms with Crippen molar-refractivity contribution in [3.05, 3.63) is 40.4 Å². The molecule has 0 saturated heterocycles. The van der Waals surface area contributed by atoms with Gasteiger partial charge in [-0.2, -0.15) is 8.75 Å². The van der Waals surface area contributed by atoms with Gasteiger partial charge in [-0.15, -0.1) is 0 Å². The third kappa shape index (κ3) is 2.34. The summed E-state index contributed by atoms with van der Waals surface area (Å²) in [6.07, 6.45) is 0. The van der Waals surface area contributed by atoms with E-state index in [0.717, 1.165) is 43.8 Å². The Hall–Kier alpha value is -1.47. The van der Waals surface area contributed by atoms with E-state index in [1.807, 2.05) is 24.3 Å². The normalized spacial score (nSPS) is 11.3. The van der Waals surface area contributed by atoms with Gasteiger partial charge >= 0.3 is 0 Å². The molecule has 0 aliphatic heterocycles. The number of benzene rings is 2. The molecule has 2 aromatic heterocycles. The number of hydrogen-bond acceptors (Lipinski definition) is 6. The van der Waals surface area contributed by atoms with Crippen LogP contribution in [-0.2, 0) is 0 Å². The number of aromatic nitrogens is 3. The van der Waals surface area contributed by atoms with Crippen LogP contribution in [-0.4, -0.2) is 13.7 Å². The van der Waals surface area contributed by atoms with Gasteiger partial charge in [-0.3, -0.25) is 0 Å². The monoisotopic (exact) mass is 352 g/mol. The zero-order valence-corrected chi connectivity index (χ0v) is 13.4. The Labute approximate surface area is 137 Å². The fourth-order valence-corrected chi connectivity index (χ4v) is 3.89. The Morgan fingerprint density at radius 1 is 1.00 bits per heavy atom. The first kappa shape index (κ1) is 13.2. The van der Waals surface area contributed by atoms with E-state index in [9.17, 15) is 0 Å². The molecule has 0 unspecified atom stereocenters. The van der Waals surface area contributed by atoms with Gasteiger partial charge in [-0.05, 0) is 30.3 Å². The number of hydrogen-bond donors (Lipinski definition) is 1. The maximum Gasteiger partial charge on any atom is 0.188 e. The SMILES string of the molecule is Clc1ccc2nc(Nc3c(Cl)ccc4nsnc34)sc2c1. The number of anilines is 2. The maximum absolute atomic E-state index is 6.26. The van der Waals surface area contributed by atoms with Crippen LogP contribution in [0.3, 0.4) is 0 Å². The molecule has 2 heterocycles. The molecule has 0 amide bonds. The lowest BCUT2D eigenvalue weighted by molar-refractivity contribution is 1.45. The van der Waals surface area contributed by atoms with Crippen LogP contribution in [0.4, 0.5) is 10.8 Å². The first-order valence-corrected chi connectivity index (χ1v) is 8.25. The van der Waals surface area contributed by atoms with Gasteiger partial charge in [0.1, 0.15) is 11.0 Å². The van der Waals surface area contributed by atoms with Gasteiger partial charge in [-0.1, -0.05) is 34.5 Å². The van der Waals surface area contributed by atoms with E-state index in [2.05, 4.69) is 19.0 Å². The zero-order chi connectivity index (χ0) is 14.4. The molecule has 1 N–H and O–H groups in total. The molecule has 0 radical (unpaired) electrons. The van der Waals surface area contributed by atoms with Gasteiger partial charge in [0.05, 0.1) is 32.7 Å². The molecule has 8 heteroatoms. The molecule has 104 valence electrons. The minimum absolute atomic E-state index is 0.590. The van der Waals surface area contributed by atoms with Crippen molar-refractivity contribution in [1.29, 1.82) is 0 Å². The van der Waals surface area contributed by atoms with Crippen LogP contribution >= 0.6 is 46.3 Å². The quantitative estimate of drug-likeness (QED) is 0.528. The molecule has 0 aliphatic carbocycles. The predicted octanol–water partition coefficient (Wildman–Crippen LogP) is 5.35. The summed E-state index contributed by atoms with van der Waals surface area (Å²) >= 11 is 14.9. The molecular formula is C13H6Cl2N4S2. The van der Waals surface area contributed by atoms with Crippen molar-refractivity contribution in [2.24, 2.45) is 0 Å². The highest BCUT2D eigenvalue weighted by Crippen LogP contribution is 2.35. The van der Waals surface area contributed by atoms with Crippen LogP contribution in [0.5, 0.6) is 0 Å². The van der Waals surface area contributed by atoms with E-state index in [1.54, 1.807) is 6.07 Å². The number of nitrogens with zero attached hydrogens (tertiary/aromatic N) is 3. The van der Waals surface area contributed by atoms with Crippen molar-refractivity contribution in [2.45, 2.75) is 0 Å². The van der Waals surface area contributed by atoms with Crippen LogP contribution in [0, 0.1) is 0 Å². The highest BCUT2D eigenvalue weighted by Gasteiger charge is 2.12. The molecule has 0 spiro atoms. The molecule has 4 nitrogen and oxygen atoms in total. The topological polar surface area (TPSA) is 50.7 Å². The molecular weight excluding hydrogens is 347 g/mol. The summed E-state index contributed by atoms with van der Waals surface area (Å²) in [5.41, 5.74) is 3.19. The van der Waals surface area contributed by atoms with E-state index in [4.69, 9.17) is 23.2 Å². The van der Waals surface area contributed by atoms with Crippen molar-refractivity contribution in [1.82, 2.24) is 13.7 Å². The van der Waals surface area contributed by atoms with E-state index in [1.165, 1.54) is 11.3 Å². The summed E-state index contributed by atoms with van der Waals surface area (Å²) in [7, 11) is 0. The maximum atomic E-state index is 6.26. The Morgan fingerprint density at radius 2 is 1.86 bits per heavy atom. The van der Waals surface area contributed by atoms with Crippen molar-refractivity contribution >= 4 is 78.3 Å². The van der Waals surface area contributed by atoms with Crippen LogP contribution < -0.4 is 5.32 Å². The molecule has 0 saturated carbocycles. The van der Waals surface area contributed by atoms with Gasteiger partial charge in [0.2, 0.25) is 0 Å². The fourth-order valence-electron chi connectivity index (χ4n) is 2.00. The zero-order valence-electron chi connectivity index (χ0n) is 10.3. The van der Waals surface area contributed by atoms with E-state index >= 15 is 0 Å². The molecule has 0 bridgehead atoms. The molecule has 21 heavy (non-hydrogen) atoms. The van der Waals surface area contributed by atoms with Crippen LogP contribution in [0.1, 0.15) is 0 Å². The van der Waals surface area contributed by atoms with Crippen molar-refractivity contribution in [3.8, 4) is 0 Å². The molecule has 2 aromatic carbocycles. The minimum atomic E-state index is 0.590. The summed E-state index contributed by atoms with van der Waals surface area (Å²) in [4.78, 5) is 4.53. The second-order valence-corrected chi connectivity index (χ2v) is 6.71. The summed E-state index contributed by atoms with van der Waals surface area (Å²) in [6.45, 7) is 0. The minimum Gasteiger partial charge on any atom is -0.328 e. The van der Waals surface area contributed by atoms with Crippen LogP contribution in [0.25, 0.3) is 21.3 Å². The number of fused-ring (bicyclic) bond motifs is 2. The third-order valence-electron chi connectivity index (χ3n) is 2.96. The van der Waals surface area contributed by atoms with Crippen LogP contribution in [0.2, 0.25) is 10.0 Å². The lowest BCUT2D eigenvalue weighted by Crippen LogP contribution is -1.91. The Morgan fingerprint density at radius 3 is 2.76 bits per heavy atom. The number of halogens is 2. The highest BCUT2D eigenvalue weighted by molar-refractivity contribution is 7.22. The predicted molar refractivity (Wildman–Crippen MR) is 90.3 cm³/mol. The lowest BCUT2D eigenvalue weighted by Gasteiger charge is -2.05. The number of nitrogens with one attached hydrogen (secondary N) is 1. The average molecular weight is 353 g/mol. The Balaban J connectivity index is 1.82. The molecule has 4 aromatic rings. The average Bonchev–Trinajstić information content (AvgIpc) is 3.07. The summed E-state index contributed by atoms with van der Waals surface area (Å²) in [5, 5.41) is 5.28. The first-order valence-electron chi connectivity index (χ1n) is 5.94. The number of thiazole rings is 1. The Kier molecular flexibility index (Phi) is 3.19. The third-order valence-corrected chi connectivity index (χ3v) is 4.99. The molecule has 0 fully saturated rings. The summed E-state index contributed by atoms with van der Waals surface area (Å²) < 4.78 is 9.52. The van der Waals surface area contributed by atoms with Gasteiger partial charge < -0.3 is 5.32 Å². The summed E-state index contributed by atoms with van der Waals surface area (Å²) in [6, 6.07) is 9.27. The standard InChI is InChI=1S/C13H6Cl2N4S2/c14-6-1-3-8-10(5-6)20-13(16-8)17-11-7(15)2-4-9-12(11)19-21-18-9/h1-5H,(H,16,17). The number of rotatable bonds is 2. The van der Waals surface area contributed by atoms with Crippen molar-refractivity contribution < 1.29 is 0 Å². The largest absolute Gasteiger partial charge is 0.328 e. The van der Waals surface area contributed by atoms with Gasteiger partial charge in [0.15, 0.2) is 5.13 Å². The van der Waals surface area contributed by atoms with Gasteiger partial charge in [-0.25, -0.2) is 4.98 Å². The lowest BCUT2D eigenvalue weighted by atomic mass is 10.2. The van der Waals surface area contributed by atoms with Crippen LogP contribution in [0.15, 0.2) is 30.3 Å². The van der Waals surface area contributed by atoms with Gasteiger partial charge in [0, 0.05) is 5.02 Å². The molecule has 0 aliphatic rings. The second-order valence-electron chi connectivity index (χ2n) is 4.31. The highest BCUT2D eigenvalue weighted by atomic mass is 35.5. The Bertz CT molecular complexity index is 963. The molecule has 4 rings (SSSR count). The second kappa shape index (κ2) is 5.06. The van der Waals surface area contributed by atoms with Gasteiger partial charge in [0.25, 0.3) is 0 Å². The fraction of sp³-hybridized carbons (Fsp3) is 0. The summed E-state index contributed by atoms with van der Waals surface area (Å²) in [5.74, 6) is 0. The first-order chi connectivity index (χ1) is 10.2. The van der Waals surface area contributed by atoms with E-state index in [-0.39, 0.29) is 0 Å². The van der Waals surface area contributed by atoms with Crippen molar-refractivity contribution in [3.63, 3.8) is 0 Å². The smallest absolute Gasteiger partial charge is 0.188 e. The van der Waals surface area contributed by atoms with E-state index in [0.29, 0.717) is 10.0 Å². The molecule has 0 atom stereocenters.